The molecule has 0 N–H and O–H groups in total. The van der Waals surface area contributed by atoms with Crippen LogP contribution in [0, 0.1) is 6.92 Å². The third kappa shape index (κ3) is 2.73. The Hall–Kier alpha value is -2.18. The lowest BCUT2D eigenvalue weighted by Gasteiger charge is -2.05. The van der Waals surface area contributed by atoms with Gasteiger partial charge in [-0.2, -0.15) is 18.3 Å². The van der Waals surface area contributed by atoms with Crippen LogP contribution in [0.5, 0.6) is 0 Å². The number of nitrogens with zero attached hydrogens (tertiary/aromatic N) is 4. The number of halogens is 3. The molecule has 1 aromatic carbocycles. The normalized spacial score (nSPS) is 12.2. The minimum absolute atomic E-state index is 0.566. The van der Waals surface area contributed by atoms with Gasteiger partial charge < -0.3 is 0 Å². The van der Waals surface area contributed by atoms with Crippen LogP contribution >= 0.6 is 0 Å². The molecule has 0 aliphatic heterocycles. The van der Waals surface area contributed by atoms with Crippen molar-refractivity contribution >= 4 is 6.21 Å². The first-order valence-electron chi connectivity index (χ1n) is 5.05. The fraction of sp³-hybridized carbons (Fsp3) is 0.182. The zero-order valence-corrected chi connectivity index (χ0v) is 9.39. The number of hydrogen-bond acceptors (Lipinski definition) is 3. The highest BCUT2D eigenvalue weighted by Crippen LogP contribution is 2.28. The SMILES string of the molecule is Cc1nncn1N=Cc1ccc(C(F)(F)F)cc1. The van der Waals surface area contributed by atoms with Crippen molar-refractivity contribution in [1.29, 1.82) is 0 Å². The molecule has 7 heteroatoms. The number of hydrogen-bond donors (Lipinski definition) is 0. The molecule has 0 radical (unpaired) electrons. The van der Waals surface area contributed by atoms with Crippen LogP contribution in [0.3, 0.4) is 0 Å². The highest BCUT2D eigenvalue weighted by atomic mass is 19.4. The van der Waals surface area contributed by atoms with Crippen molar-refractivity contribution in [2.75, 3.05) is 0 Å². The monoisotopic (exact) mass is 254 g/mol. The molecule has 0 saturated carbocycles. The molecule has 0 amide bonds. The zero-order chi connectivity index (χ0) is 13.2. The van der Waals surface area contributed by atoms with Crippen LogP contribution in [-0.2, 0) is 6.18 Å². The second-order valence-electron chi connectivity index (χ2n) is 3.59. The van der Waals surface area contributed by atoms with E-state index in [1.807, 2.05) is 0 Å². The van der Waals surface area contributed by atoms with Crippen molar-refractivity contribution in [3.63, 3.8) is 0 Å². The molecule has 0 aliphatic carbocycles. The van der Waals surface area contributed by atoms with Crippen LogP contribution in [0.15, 0.2) is 35.7 Å². The van der Waals surface area contributed by atoms with Gasteiger partial charge in [0.1, 0.15) is 6.33 Å². The van der Waals surface area contributed by atoms with Crippen LogP contribution in [0.2, 0.25) is 0 Å². The summed E-state index contributed by atoms with van der Waals surface area (Å²) in [5.41, 5.74) is -0.115. The average molecular weight is 254 g/mol. The van der Waals surface area contributed by atoms with Gasteiger partial charge in [0.2, 0.25) is 0 Å². The van der Waals surface area contributed by atoms with E-state index < -0.39 is 11.7 Å². The van der Waals surface area contributed by atoms with Crippen molar-refractivity contribution in [3.8, 4) is 0 Å². The topological polar surface area (TPSA) is 43.1 Å². The summed E-state index contributed by atoms with van der Waals surface area (Å²) < 4.78 is 38.4. The summed E-state index contributed by atoms with van der Waals surface area (Å²) in [5, 5.41) is 11.4. The third-order valence-electron chi connectivity index (χ3n) is 2.26. The second kappa shape index (κ2) is 4.59. The summed E-state index contributed by atoms with van der Waals surface area (Å²) in [6.45, 7) is 1.72. The summed E-state index contributed by atoms with van der Waals surface area (Å²) in [5.74, 6) is 0.596. The third-order valence-corrected chi connectivity index (χ3v) is 2.26. The molecule has 94 valence electrons. The number of alkyl halides is 3. The first-order chi connectivity index (χ1) is 8.47. The lowest BCUT2D eigenvalue weighted by molar-refractivity contribution is -0.137. The highest BCUT2D eigenvalue weighted by molar-refractivity contribution is 5.79. The van der Waals surface area contributed by atoms with Crippen LogP contribution < -0.4 is 0 Å². The number of aromatic nitrogens is 3. The molecule has 4 nitrogen and oxygen atoms in total. The second-order valence-corrected chi connectivity index (χ2v) is 3.59. The minimum Gasteiger partial charge on any atom is -0.205 e. The fourth-order valence-corrected chi connectivity index (χ4v) is 1.29. The molecule has 0 atom stereocenters. The molecule has 0 unspecified atom stereocenters. The van der Waals surface area contributed by atoms with Gasteiger partial charge in [0.25, 0.3) is 0 Å². The Morgan fingerprint density at radius 1 is 1.22 bits per heavy atom. The Balaban J connectivity index is 2.16. The highest BCUT2D eigenvalue weighted by Gasteiger charge is 2.29. The van der Waals surface area contributed by atoms with Crippen molar-refractivity contribution in [1.82, 2.24) is 14.9 Å². The van der Waals surface area contributed by atoms with Gasteiger partial charge in [-0.15, -0.1) is 10.2 Å². The standard InChI is InChI=1S/C11H9F3N4/c1-8-17-15-7-18(8)16-6-9-2-4-10(5-3-9)11(12,13)14/h2-7H,1H3. The number of aryl methyl sites for hydroxylation is 1. The molecule has 0 saturated heterocycles. The lowest BCUT2D eigenvalue weighted by atomic mass is 10.1. The molecular weight excluding hydrogens is 245 g/mol. The molecule has 0 bridgehead atoms. The van der Waals surface area contributed by atoms with Gasteiger partial charge in [-0.1, -0.05) is 12.1 Å². The van der Waals surface area contributed by atoms with Crippen molar-refractivity contribution in [2.45, 2.75) is 13.1 Å². The predicted octanol–water partition coefficient (Wildman–Crippen LogP) is 2.49. The summed E-state index contributed by atoms with van der Waals surface area (Å²) in [4.78, 5) is 0. The molecule has 0 fully saturated rings. The Morgan fingerprint density at radius 3 is 2.39 bits per heavy atom. The maximum Gasteiger partial charge on any atom is 0.416 e. The van der Waals surface area contributed by atoms with Gasteiger partial charge in [0.15, 0.2) is 5.82 Å². The Bertz CT molecular complexity index is 554. The lowest BCUT2D eigenvalue weighted by Crippen LogP contribution is -2.04. The molecule has 18 heavy (non-hydrogen) atoms. The Labute approximate surface area is 101 Å². The van der Waals surface area contributed by atoms with Crippen LogP contribution in [0.1, 0.15) is 17.0 Å². The van der Waals surface area contributed by atoms with E-state index in [9.17, 15) is 13.2 Å². The fourth-order valence-electron chi connectivity index (χ4n) is 1.29. The van der Waals surface area contributed by atoms with E-state index in [4.69, 9.17) is 0 Å². The summed E-state index contributed by atoms with van der Waals surface area (Å²) in [7, 11) is 0. The quantitative estimate of drug-likeness (QED) is 0.773. The molecular formula is C11H9F3N4. The first kappa shape index (κ1) is 12.3. The van der Waals surface area contributed by atoms with Crippen LogP contribution in [-0.4, -0.2) is 21.1 Å². The smallest absolute Gasteiger partial charge is 0.205 e. The maximum atomic E-state index is 12.3. The van der Waals surface area contributed by atoms with Crippen LogP contribution in [0.25, 0.3) is 0 Å². The maximum absolute atomic E-state index is 12.3. The van der Waals surface area contributed by atoms with E-state index in [-0.39, 0.29) is 0 Å². The average Bonchev–Trinajstić information content (AvgIpc) is 2.72. The van der Waals surface area contributed by atoms with Gasteiger partial charge >= 0.3 is 6.18 Å². The van der Waals surface area contributed by atoms with E-state index in [0.717, 1.165) is 12.1 Å². The molecule has 1 heterocycles. The molecule has 1 aromatic heterocycles. The van der Waals surface area contributed by atoms with Gasteiger partial charge in [-0.25, -0.2) is 4.68 Å². The van der Waals surface area contributed by atoms with E-state index in [0.29, 0.717) is 11.4 Å². The van der Waals surface area contributed by atoms with E-state index in [1.165, 1.54) is 29.4 Å². The molecule has 0 spiro atoms. The van der Waals surface area contributed by atoms with Crippen molar-refractivity contribution in [2.24, 2.45) is 5.10 Å². The predicted molar refractivity (Wildman–Crippen MR) is 59.2 cm³/mol. The van der Waals surface area contributed by atoms with Gasteiger partial charge in [-0.05, 0) is 24.6 Å². The first-order valence-corrected chi connectivity index (χ1v) is 5.05. The van der Waals surface area contributed by atoms with Gasteiger partial charge in [0.05, 0.1) is 11.8 Å². The molecule has 2 rings (SSSR count). The van der Waals surface area contributed by atoms with Gasteiger partial charge in [-0.3, -0.25) is 0 Å². The molecule has 2 aromatic rings. The van der Waals surface area contributed by atoms with Crippen LogP contribution in [0.4, 0.5) is 13.2 Å². The summed E-state index contributed by atoms with van der Waals surface area (Å²) >= 11 is 0. The minimum atomic E-state index is -4.32. The largest absolute Gasteiger partial charge is 0.416 e. The Kier molecular flexibility index (Phi) is 3.14. The van der Waals surface area contributed by atoms with E-state index >= 15 is 0 Å². The van der Waals surface area contributed by atoms with E-state index in [2.05, 4.69) is 15.3 Å². The van der Waals surface area contributed by atoms with Crippen molar-refractivity contribution in [3.05, 3.63) is 47.5 Å². The van der Waals surface area contributed by atoms with Gasteiger partial charge in [0, 0.05) is 0 Å². The summed E-state index contributed by atoms with van der Waals surface area (Å²) in [6, 6.07) is 4.73. The number of rotatable bonds is 2. The summed E-state index contributed by atoms with van der Waals surface area (Å²) in [6.07, 6.45) is -1.47. The van der Waals surface area contributed by atoms with Crippen molar-refractivity contribution < 1.29 is 13.2 Å². The number of benzene rings is 1. The van der Waals surface area contributed by atoms with E-state index in [1.54, 1.807) is 6.92 Å². The molecule has 0 aliphatic rings. The zero-order valence-electron chi connectivity index (χ0n) is 9.39. The Morgan fingerprint density at radius 2 is 1.89 bits per heavy atom.